The number of amides is 2. The van der Waals surface area contributed by atoms with Crippen molar-refractivity contribution in [1.29, 1.82) is 0 Å². The predicted octanol–water partition coefficient (Wildman–Crippen LogP) is -1.03. The van der Waals surface area contributed by atoms with Crippen molar-refractivity contribution in [3.05, 3.63) is 6.33 Å². The molecular weight excluding hydrogens is 248 g/mol. The van der Waals surface area contributed by atoms with E-state index in [-0.39, 0.29) is 24.3 Å². The number of aromatic nitrogens is 3. The van der Waals surface area contributed by atoms with E-state index >= 15 is 0 Å². The number of nitrogen functional groups attached to an aromatic ring is 1. The normalized spacial score (nSPS) is 16.5. The van der Waals surface area contributed by atoms with Gasteiger partial charge in [0, 0.05) is 19.5 Å². The fraction of sp³-hybridized carbons (Fsp3) is 0.636. The molecular formula is C11H18N6O2. The third-order valence-corrected chi connectivity index (χ3v) is 3.31. The second kappa shape index (κ2) is 5.68. The van der Waals surface area contributed by atoms with Crippen molar-refractivity contribution in [2.24, 2.45) is 11.7 Å². The van der Waals surface area contributed by atoms with Crippen LogP contribution in [0.25, 0.3) is 0 Å². The van der Waals surface area contributed by atoms with E-state index in [1.165, 1.54) is 11.0 Å². The van der Waals surface area contributed by atoms with E-state index in [2.05, 4.69) is 10.1 Å². The molecule has 1 aromatic rings. The van der Waals surface area contributed by atoms with Crippen molar-refractivity contribution in [1.82, 2.24) is 19.7 Å². The predicted molar refractivity (Wildman–Crippen MR) is 67.5 cm³/mol. The highest BCUT2D eigenvalue weighted by atomic mass is 16.2. The van der Waals surface area contributed by atoms with E-state index in [4.69, 9.17) is 11.5 Å². The molecule has 0 atom stereocenters. The zero-order valence-corrected chi connectivity index (χ0v) is 10.7. The van der Waals surface area contributed by atoms with Gasteiger partial charge in [0.15, 0.2) is 0 Å². The van der Waals surface area contributed by atoms with Gasteiger partial charge in [-0.15, -0.1) is 5.10 Å². The lowest BCUT2D eigenvalue weighted by Crippen LogP contribution is -2.41. The minimum Gasteiger partial charge on any atom is -0.370 e. The van der Waals surface area contributed by atoms with Crippen LogP contribution in [-0.2, 0) is 16.1 Å². The van der Waals surface area contributed by atoms with Gasteiger partial charge in [-0.2, -0.15) is 0 Å². The second-order valence-electron chi connectivity index (χ2n) is 4.79. The highest BCUT2D eigenvalue weighted by molar-refractivity contribution is 5.76. The Morgan fingerprint density at radius 1 is 1.37 bits per heavy atom. The summed E-state index contributed by atoms with van der Waals surface area (Å²) in [4.78, 5) is 28.4. The van der Waals surface area contributed by atoms with Gasteiger partial charge >= 0.3 is 0 Å². The molecule has 1 fully saturated rings. The number of likely N-dealkylation sites (tertiary alicyclic amines) is 1. The number of hydrogen-bond donors (Lipinski definition) is 2. The van der Waals surface area contributed by atoms with Gasteiger partial charge in [-0.25, -0.2) is 9.67 Å². The van der Waals surface area contributed by atoms with Crippen LogP contribution in [0, 0.1) is 5.92 Å². The molecule has 1 aromatic heterocycles. The first-order chi connectivity index (χ1) is 9.04. The summed E-state index contributed by atoms with van der Waals surface area (Å²) in [7, 11) is 0. The first-order valence-corrected chi connectivity index (χ1v) is 6.25. The molecule has 19 heavy (non-hydrogen) atoms. The van der Waals surface area contributed by atoms with Crippen LogP contribution >= 0.6 is 0 Å². The molecule has 104 valence electrons. The number of piperidine rings is 1. The number of nitrogens with zero attached hydrogens (tertiary/aromatic N) is 4. The lowest BCUT2D eigenvalue weighted by Gasteiger charge is -2.31. The average Bonchev–Trinajstić information content (AvgIpc) is 2.75. The van der Waals surface area contributed by atoms with Crippen molar-refractivity contribution in [2.75, 3.05) is 18.8 Å². The number of nitrogens with two attached hydrogens (primary N) is 2. The maximum Gasteiger partial charge on any atom is 0.244 e. The van der Waals surface area contributed by atoms with Crippen molar-refractivity contribution in [3.8, 4) is 0 Å². The molecule has 1 saturated heterocycles. The van der Waals surface area contributed by atoms with Gasteiger partial charge in [-0.3, -0.25) is 9.59 Å². The largest absolute Gasteiger partial charge is 0.370 e. The Labute approximate surface area is 110 Å². The van der Waals surface area contributed by atoms with E-state index in [1.54, 1.807) is 4.90 Å². The molecule has 1 aliphatic heterocycles. The number of primary amides is 1. The summed E-state index contributed by atoms with van der Waals surface area (Å²) in [6.45, 7) is 1.45. The molecule has 0 aromatic carbocycles. The first-order valence-electron chi connectivity index (χ1n) is 6.25. The van der Waals surface area contributed by atoms with Crippen LogP contribution in [0.1, 0.15) is 19.3 Å². The summed E-state index contributed by atoms with van der Waals surface area (Å²) in [5.74, 6) is 0.168. The Balaban J connectivity index is 1.80. The zero-order chi connectivity index (χ0) is 13.8. The standard InChI is InChI=1S/C11H18N6O2/c12-9(18)5-8-1-3-16(4-2-8)10(19)6-17-7-14-11(13)15-17/h7-8H,1-6H2,(H2,12,18)(H2,13,15). The fourth-order valence-corrected chi connectivity index (χ4v) is 2.29. The molecule has 0 aliphatic carbocycles. The lowest BCUT2D eigenvalue weighted by molar-refractivity contribution is -0.133. The molecule has 0 unspecified atom stereocenters. The maximum absolute atomic E-state index is 12.0. The van der Waals surface area contributed by atoms with Gasteiger partial charge in [0.25, 0.3) is 0 Å². The highest BCUT2D eigenvalue weighted by Gasteiger charge is 2.23. The number of anilines is 1. The summed E-state index contributed by atoms with van der Waals surface area (Å²) >= 11 is 0. The van der Waals surface area contributed by atoms with Crippen molar-refractivity contribution >= 4 is 17.8 Å². The third-order valence-electron chi connectivity index (χ3n) is 3.31. The van der Waals surface area contributed by atoms with Crippen LogP contribution in [0.15, 0.2) is 6.33 Å². The van der Waals surface area contributed by atoms with Crippen molar-refractivity contribution in [3.63, 3.8) is 0 Å². The molecule has 2 rings (SSSR count). The summed E-state index contributed by atoms with van der Waals surface area (Å²) < 4.78 is 1.42. The SMILES string of the molecule is NC(=O)CC1CCN(C(=O)Cn2cnc(N)n2)CC1. The maximum atomic E-state index is 12.0. The molecule has 8 heteroatoms. The quantitative estimate of drug-likeness (QED) is 0.722. The fourth-order valence-electron chi connectivity index (χ4n) is 2.29. The highest BCUT2D eigenvalue weighted by Crippen LogP contribution is 2.20. The Morgan fingerprint density at radius 3 is 2.58 bits per heavy atom. The molecule has 1 aliphatic rings. The van der Waals surface area contributed by atoms with E-state index in [0.29, 0.717) is 25.4 Å². The minimum atomic E-state index is -0.275. The van der Waals surface area contributed by atoms with Gasteiger partial charge in [0.05, 0.1) is 0 Å². The van der Waals surface area contributed by atoms with Crippen molar-refractivity contribution in [2.45, 2.75) is 25.8 Å². The second-order valence-corrected chi connectivity index (χ2v) is 4.79. The average molecular weight is 266 g/mol. The van der Waals surface area contributed by atoms with Crippen LogP contribution < -0.4 is 11.5 Å². The molecule has 2 amide bonds. The monoisotopic (exact) mass is 266 g/mol. The number of rotatable bonds is 4. The minimum absolute atomic E-state index is 0.0116. The van der Waals surface area contributed by atoms with Gasteiger partial charge in [0.2, 0.25) is 17.8 Å². The van der Waals surface area contributed by atoms with Gasteiger partial charge in [-0.05, 0) is 18.8 Å². The van der Waals surface area contributed by atoms with E-state index in [9.17, 15) is 9.59 Å². The van der Waals surface area contributed by atoms with E-state index < -0.39 is 0 Å². The molecule has 8 nitrogen and oxygen atoms in total. The third kappa shape index (κ3) is 3.67. The van der Waals surface area contributed by atoms with Crippen LogP contribution in [0.3, 0.4) is 0 Å². The molecule has 0 radical (unpaired) electrons. The van der Waals surface area contributed by atoms with E-state index in [0.717, 1.165) is 12.8 Å². The number of carbonyl (C=O) groups is 2. The van der Waals surface area contributed by atoms with Crippen LogP contribution in [0.2, 0.25) is 0 Å². The molecule has 0 saturated carbocycles. The summed E-state index contributed by atoms with van der Waals surface area (Å²) in [6, 6.07) is 0. The number of hydrogen-bond acceptors (Lipinski definition) is 5. The lowest BCUT2D eigenvalue weighted by atomic mass is 9.93. The Morgan fingerprint density at radius 2 is 2.05 bits per heavy atom. The van der Waals surface area contributed by atoms with Crippen LogP contribution in [0.4, 0.5) is 5.95 Å². The summed E-state index contributed by atoms with van der Waals surface area (Å²) in [6.07, 6.45) is 3.47. The van der Waals surface area contributed by atoms with Crippen molar-refractivity contribution < 1.29 is 9.59 Å². The van der Waals surface area contributed by atoms with Crippen LogP contribution in [-0.4, -0.2) is 44.6 Å². The topological polar surface area (TPSA) is 120 Å². The number of carbonyl (C=O) groups excluding carboxylic acids is 2. The Hall–Kier alpha value is -2.12. The molecule has 0 spiro atoms. The molecule has 2 heterocycles. The van der Waals surface area contributed by atoms with E-state index in [1.807, 2.05) is 0 Å². The smallest absolute Gasteiger partial charge is 0.244 e. The van der Waals surface area contributed by atoms with Gasteiger partial charge in [0.1, 0.15) is 12.9 Å². The van der Waals surface area contributed by atoms with Crippen LogP contribution in [0.5, 0.6) is 0 Å². The first kappa shape index (κ1) is 13.3. The van der Waals surface area contributed by atoms with Gasteiger partial charge < -0.3 is 16.4 Å². The van der Waals surface area contributed by atoms with Gasteiger partial charge in [-0.1, -0.05) is 0 Å². The molecule has 4 N–H and O–H groups in total. The summed E-state index contributed by atoms with van der Waals surface area (Å²) in [5, 5.41) is 3.87. The summed E-state index contributed by atoms with van der Waals surface area (Å²) in [5.41, 5.74) is 10.6. The Bertz CT molecular complexity index is 464. The zero-order valence-electron chi connectivity index (χ0n) is 10.7. The molecule has 0 bridgehead atoms. The Kier molecular flexibility index (Phi) is 3.98.